The van der Waals surface area contributed by atoms with Gasteiger partial charge in [-0.3, -0.25) is 9.69 Å². The topological polar surface area (TPSA) is 94.2 Å². The van der Waals surface area contributed by atoms with Gasteiger partial charge in [0, 0.05) is 14.1 Å². The van der Waals surface area contributed by atoms with E-state index in [1.165, 1.54) is 14.7 Å². The van der Waals surface area contributed by atoms with Gasteiger partial charge in [-0.25, -0.2) is 9.59 Å². The van der Waals surface area contributed by atoms with Crippen LogP contribution in [0.15, 0.2) is 24.3 Å². The molecule has 29 heavy (non-hydrogen) atoms. The Hall–Kier alpha value is -2.97. The zero-order valence-electron chi connectivity index (χ0n) is 17.0. The first kappa shape index (κ1) is 19.4. The maximum atomic E-state index is 13.0. The van der Waals surface area contributed by atoms with Gasteiger partial charge in [-0.2, -0.15) is 0 Å². The summed E-state index contributed by atoms with van der Waals surface area (Å²) in [6.45, 7) is -0.107. The van der Waals surface area contributed by atoms with Crippen LogP contribution in [0, 0.1) is 0 Å². The highest BCUT2D eigenvalue weighted by atomic mass is 16.5. The predicted octanol–water partition coefficient (Wildman–Crippen LogP) is 1.26. The molecule has 1 saturated carbocycles. The van der Waals surface area contributed by atoms with E-state index in [-0.39, 0.29) is 24.5 Å². The van der Waals surface area contributed by atoms with Crippen LogP contribution in [0.4, 0.5) is 9.59 Å². The fourth-order valence-corrected chi connectivity index (χ4v) is 4.78. The van der Waals surface area contributed by atoms with Crippen molar-refractivity contribution in [3.8, 4) is 5.75 Å². The van der Waals surface area contributed by atoms with Crippen LogP contribution in [0.5, 0.6) is 5.75 Å². The highest BCUT2D eigenvalue weighted by Crippen LogP contribution is 2.40. The number of methoxy groups -OCH3 is 1. The monoisotopic (exact) mass is 401 g/mol. The standard InChI is InChI=1S/C20H27N5O4/c1-23-16-17(24(2)19(23)28)25(18(27)21-16)12-15(26)22-20(9-4-5-10-20)13-7-6-8-14(11-13)29-3/h6-8,11,16-17H,4-5,9-10,12H2,1-3H3,(H,21,27)(H,22,26)/t16-,17-/m1/s1. The third kappa shape index (κ3) is 3.14. The second-order valence-corrected chi connectivity index (χ2v) is 8.01. The number of urea groups is 2. The lowest BCUT2D eigenvalue weighted by Gasteiger charge is -2.33. The van der Waals surface area contributed by atoms with Crippen molar-refractivity contribution >= 4 is 18.0 Å². The molecule has 2 aliphatic heterocycles. The zero-order valence-corrected chi connectivity index (χ0v) is 17.0. The molecule has 1 aliphatic carbocycles. The molecule has 2 N–H and O–H groups in total. The maximum Gasteiger partial charge on any atom is 0.323 e. The quantitative estimate of drug-likeness (QED) is 0.777. The fourth-order valence-electron chi connectivity index (χ4n) is 4.78. The van der Waals surface area contributed by atoms with Gasteiger partial charge in [0.05, 0.1) is 12.6 Å². The van der Waals surface area contributed by atoms with Crippen molar-refractivity contribution in [2.24, 2.45) is 0 Å². The van der Waals surface area contributed by atoms with Gasteiger partial charge < -0.3 is 25.2 Å². The molecule has 0 bridgehead atoms. The molecule has 3 fully saturated rings. The summed E-state index contributed by atoms with van der Waals surface area (Å²) in [4.78, 5) is 42.0. The van der Waals surface area contributed by atoms with E-state index in [1.807, 2.05) is 24.3 Å². The number of ether oxygens (including phenoxy) is 1. The van der Waals surface area contributed by atoms with Crippen LogP contribution < -0.4 is 15.4 Å². The first-order valence-electron chi connectivity index (χ1n) is 9.88. The van der Waals surface area contributed by atoms with Crippen LogP contribution in [-0.2, 0) is 10.3 Å². The third-order valence-electron chi connectivity index (χ3n) is 6.32. The first-order chi connectivity index (χ1) is 13.9. The molecule has 5 amide bonds. The summed E-state index contributed by atoms with van der Waals surface area (Å²) in [7, 11) is 4.91. The number of rotatable bonds is 5. The molecule has 1 aromatic carbocycles. The minimum absolute atomic E-state index is 0.107. The van der Waals surface area contributed by atoms with Crippen molar-refractivity contribution in [3.63, 3.8) is 0 Å². The normalized spacial score (nSPS) is 25.3. The molecule has 156 valence electrons. The molecule has 3 aliphatic rings. The lowest BCUT2D eigenvalue weighted by molar-refractivity contribution is -0.124. The van der Waals surface area contributed by atoms with E-state index in [2.05, 4.69) is 10.6 Å². The number of carbonyl (C=O) groups excluding carboxylic acids is 3. The Morgan fingerprint density at radius 1 is 1.24 bits per heavy atom. The molecule has 1 aromatic rings. The number of hydrogen-bond donors (Lipinski definition) is 2. The van der Waals surface area contributed by atoms with E-state index in [9.17, 15) is 14.4 Å². The van der Waals surface area contributed by atoms with E-state index in [0.717, 1.165) is 37.0 Å². The third-order valence-corrected chi connectivity index (χ3v) is 6.32. The highest BCUT2D eigenvalue weighted by molar-refractivity contribution is 5.89. The summed E-state index contributed by atoms with van der Waals surface area (Å²) in [6.07, 6.45) is 2.77. The van der Waals surface area contributed by atoms with Gasteiger partial charge >= 0.3 is 12.1 Å². The molecule has 0 unspecified atom stereocenters. The Morgan fingerprint density at radius 3 is 2.66 bits per heavy atom. The molecule has 4 rings (SSSR count). The van der Waals surface area contributed by atoms with Crippen LogP contribution in [0.3, 0.4) is 0 Å². The Morgan fingerprint density at radius 2 is 1.97 bits per heavy atom. The lowest BCUT2D eigenvalue weighted by atomic mass is 9.88. The number of likely N-dealkylation sites (N-methyl/N-ethyl adjacent to an activating group) is 2. The molecule has 9 nitrogen and oxygen atoms in total. The van der Waals surface area contributed by atoms with Gasteiger partial charge in [0.15, 0.2) is 0 Å². The van der Waals surface area contributed by atoms with Gasteiger partial charge in [0.25, 0.3) is 0 Å². The van der Waals surface area contributed by atoms with Gasteiger partial charge in [0.2, 0.25) is 5.91 Å². The number of nitrogens with zero attached hydrogens (tertiary/aromatic N) is 3. The smallest absolute Gasteiger partial charge is 0.323 e. The van der Waals surface area contributed by atoms with Crippen LogP contribution in [0.25, 0.3) is 0 Å². The minimum Gasteiger partial charge on any atom is -0.497 e. The summed E-state index contributed by atoms with van der Waals surface area (Å²) in [5.74, 6) is 0.514. The predicted molar refractivity (Wildman–Crippen MR) is 105 cm³/mol. The number of benzene rings is 1. The maximum absolute atomic E-state index is 13.0. The zero-order chi connectivity index (χ0) is 20.8. The van der Waals surface area contributed by atoms with Crippen molar-refractivity contribution in [3.05, 3.63) is 29.8 Å². The van der Waals surface area contributed by atoms with Gasteiger partial charge in [-0.05, 0) is 30.5 Å². The van der Waals surface area contributed by atoms with Crippen LogP contribution in [0.2, 0.25) is 0 Å². The summed E-state index contributed by atoms with van der Waals surface area (Å²) in [5.41, 5.74) is 0.550. The van der Waals surface area contributed by atoms with Crippen LogP contribution in [0.1, 0.15) is 31.2 Å². The molecule has 0 spiro atoms. The van der Waals surface area contributed by atoms with Crippen molar-refractivity contribution in [1.29, 1.82) is 0 Å². The number of fused-ring (bicyclic) bond motifs is 1. The van der Waals surface area contributed by atoms with Crippen molar-refractivity contribution in [2.75, 3.05) is 27.7 Å². The molecule has 2 atom stereocenters. The highest BCUT2D eigenvalue weighted by Gasteiger charge is 2.53. The van der Waals surface area contributed by atoms with E-state index < -0.39 is 17.9 Å². The molecular weight excluding hydrogens is 374 g/mol. The van der Waals surface area contributed by atoms with E-state index in [0.29, 0.717) is 0 Å². The molecule has 2 saturated heterocycles. The molecule has 0 aromatic heterocycles. The van der Waals surface area contributed by atoms with Gasteiger partial charge in [-0.1, -0.05) is 25.0 Å². The summed E-state index contributed by atoms with van der Waals surface area (Å²) in [5, 5.41) is 5.98. The molecular formula is C20H27N5O4. The average Bonchev–Trinajstić information content (AvgIpc) is 3.37. The van der Waals surface area contributed by atoms with E-state index >= 15 is 0 Å². The number of carbonyl (C=O) groups is 3. The molecule has 2 heterocycles. The minimum atomic E-state index is -0.498. The SMILES string of the molecule is COc1cccc(C2(NC(=O)CN3C(=O)N[C@H]4[C@@H]3N(C)C(=O)N4C)CCCC2)c1. The van der Waals surface area contributed by atoms with Gasteiger partial charge in [-0.15, -0.1) is 0 Å². The van der Waals surface area contributed by atoms with E-state index in [1.54, 1.807) is 21.2 Å². The van der Waals surface area contributed by atoms with Crippen LogP contribution in [-0.4, -0.2) is 72.8 Å². The summed E-state index contributed by atoms with van der Waals surface area (Å²) in [6, 6.07) is 7.24. The number of nitrogens with one attached hydrogen (secondary N) is 2. The molecule has 0 radical (unpaired) electrons. The Balaban J connectivity index is 1.52. The van der Waals surface area contributed by atoms with Crippen molar-refractivity contribution < 1.29 is 19.1 Å². The summed E-state index contributed by atoms with van der Waals surface area (Å²) >= 11 is 0. The average molecular weight is 401 g/mol. The summed E-state index contributed by atoms with van der Waals surface area (Å²) < 4.78 is 5.35. The van der Waals surface area contributed by atoms with E-state index in [4.69, 9.17) is 4.74 Å². The largest absolute Gasteiger partial charge is 0.497 e. The van der Waals surface area contributed by atoms with Crippen molar-refractivity contribution in [2.45, 2.75) is 43.6 Å². The van der Waals surface area contributed by atoms with Crippen molar-refractivity contribution in [1.82, 2.24) is 25.3 Å². The fraction of sp³-hybridized carbons (Fsp3) is 0.550. The number of hydrogen-bond acceptors (Lipinski definition) is 4. The first-order valence-corrected chi connectivity index (χ1v) is 9.88. The Labute approximate surface area is 170 Å². The second-order valence-electron chi connectivity index (χ2n) is 8.01. The number of amides is 5. The lowest BCUT2D eigenvalue weighted by Crippen LogP contribution is -2.52. The Kier molecular flexibility index (Phi) is 4.76. The van der Waals surface area contributed by atoms with Crippen LogP contribution >= 0.6 is 0 Å². The van der Waals surface area contributed by atoms with Gasteiger partial charge in [0.1, 0.15) is 24.6 Å². The Bertz CT molecular complexity index is 838. The molecule has 9 heteroatoms. The second kappa shape index (κ2) is 7.13.